The first-order chi connectivity index (χ1) is 13.9. The minimum absolute atomic E-state index is 0.328. The summed E-state index contributed by atoms with van der Waals surface area (Å²) < 4.78 is 20.9. The minimum atomic E-state index is -0.395. The van der Waals surface area contributed by atoms with Crippen molar-refractivity contribution in [3.05, 3.63) is 82.5 Å². The van der Waals surface area contributed by atoms with Gasteiger partial charge in [-0.05, 0) is 37.1 Å². The van der Waals surface area contributed by atoms with Crippen molar-refractivity contribution in [2.75, 3.05) is 0 Å². The molecule has 0 unspecified atom stereocenters. The summed E-state index contributed by atoms with van der Waals surface area (Å²) in [7, 11) is 0. The van der Waals surface area contributed by atoms with E-state index in [0.717, 1.165) is 12.7 Å². The maximum atomic E-state index is 15.1. The molecule has 150 valence electrons. The van der Waals surface area contributed by atoms with Crippen molar-refractivity contribution < 1.29 is 13.6 Å². The number of allylic oxidation sites excluding steroid dienone is 4. The topological polar surface area (TPSA) is 46.3 Å². The standard InChI is InChI=1S/C23H22ClFN2O2/c1-5-7-19(23(24)27-11-10-17(13-28)12-14(27)2)21-18(8-6-9-20(21)25)22-15(3)26-16(4)29-22/h6,8-13H,2,5,7H2,1,3-4H3/b23-19+. The Bertz CT molecular complexity index is 1060. The van der Waals surface area contributed by atoms with E-state index in [9.17, 15) is 4.79 Å². The number of oxazole rings is 1. The SMILES string of the molecule is C=C1C=C(C=O)C=CN1/C(Cl)=C(\CCC)c1c(F)cccc1-c1oc(C)nc1C. The number of aryl methyl sites for hydroxylation is 2. The molecule has 29 heavy (non-hydrogen) atoms. The number of rotatable bonds is 6. The third kappa shape index (κ3) is 4.10. The molecule has 3 rings (SSSR count). The van der Waals surface area contributed by atoms with E-state index in [2.05, 4.69) is 11.6 Å². The van der Waals surface area contributed by atoms with Crippen LogP contribution < -0.4 is 0 Å². The maximum absolute atomic E-state index is 15.1. The Labute approximate surface area is 174 Å². The highest BCUT2D eigenvalue weighted by Crippen LogP contribution is 2.39. The molecule has 0 N–H and O–H groups in total. The molecule has 0 spiro atoms. The fraction of sp³-hybridized carbons (Fsp3) is 0.217. The van der Waals surface area contributed by atoms with Crippen LogP contribution in [0.2, 0.25) is 0 Å². The van der Waals surface area contributed by atoms with Crippen molar-refractivity contribution in [2.45, 2.75) is 33.6 Å². The minimum Gasteiger partial charge on any atom is -0.441 e. The molecule has 0 radical (unpaired) electrons. The summed E-state index contributed by atoms with van der Waals surface area (Å²) in [6.07, 6.45) is 6.97. The van der Waals surface area contributed by atoms with Gasteiger partial charge in [0.2, 0.25) is 0 Å². The molecular formula is C23H22ClFN2O2. The van der Waals surface area contributed by atoms with E-state index in [4.69, 9.17) is 16.0 Å². The van der Waals surface area contributed by atoms with Gasteiger partial charge in [-0.1, -0.05) is 43.7 Å². The number of benzene rings is 1. The van der Waals surface area contributed by atoms with Gasteiger partial charge >= 0.3 is 0 Å². The van der Waals surface area contributed by atoms with Gasteiger partial charge in [0.15, 0.2) is 11.7 Å². The van der Waals surface area contributed by atoms with Crippen LogP contribution in [0.25, 0.3) is 16.9 Å². The van der Waals surface area contributed by atoms with Gasteiger partial charge in [0.05, 0.1) is 5.69 Å². The normalized spacial score (nSPS) is 14.7. The van der Waals surface area contributed by atoms with Crippen LogP contribution in [0.5, 0.6) is 0 Å². The lowest BCUT2D eigenvalue weighted by Crippen LogP contribution is -2.16. The number of aromatic nitrogens is 1. The molecular weight excluding hydrogens is 391 g/mol. The first-order valence-corrected chi connectivity index (χ1v) is 9.70. The molecule has 1 aliphatic rings. The summed E-state index contributed by atoms with van der Waals surface area (Å²) in [5, 5.41) is 0.328. The number of nitrogens with zero attached hydrogens (tertiary/aromatic N) is 2. The Balaban J connectivity index is 2.21. The number of carbonyl (C=O) groups excluding carboxylic acids is 1. The molecule has 0 amide bonds. The Morgan fingerprint density at radius 2 is 2.14 bits per heavy atom. The second-order valence-electron chi connectivity index (χ2n) is 6.77. The lowest BCUT2D eigenvalue weighted by molar-refractivity contribution is -0.104. The van der Waals surface area contributed by atoms with E-state index in [-0.39, 0.29) is 0 Å². The van der Waals surface area contributed by atoms with Crippen molar-refractivity contribution >= 4 is 23.5 Å². The summed E-state index contributed by atoms with van der Waals surface area (Å²) in [5.74, 6) is 0.637. The third-order valence-electron chi connectivity index (χ3n) is 4.62. The fourth-order valence-electron chi connectivity index (χ4n) is 3.36. The second kappa shape index (κ2) is 8.62. The largest absolute Gasteiger partial charge is 0.441 e. The van der Waals surface area contributed by atoms with Crippen molar-refractivity contribution in [3.8, 4) is 11.3 Å². The molecule has 6 heteroatoms. The van der Waals surface area contributed by atoms with Gasteiger partial charge in [0.1, 0.15) is 17.3 Å². The zero-order valence-corrected chi connectivity index (χ0v) is 17.4. The van der Waals surface area contributed by atoms with Gasteiger partial charge in [-0.2, -0.15) is 0 Å². The van der Waals surface area contributed by atoms with Crippen molar-refractivity contribution in [2.24, 2.45) is 0 Å². The van der Waals surface area contributed by atoms with E-state index < -0.39 is 5.82 Å². The zero-order chi connectivity index (χ0) is 21.1. The molecule has 1 aromatic heterocycles. The summed E-state index contributed by atoms with van der Waals surface area (Å²) in [5.41, 5.74) is 3.31. The molecule has 2 heterocycles. The lowest BCUT2D eigenvalue weighted by Gasteiger charge is -2.26. The van der Waals surface area contributed by atoms with Crippen LogP contribution in [-0.4, -0.2) is 16.2 Å². The Hall–Kier alpha value is -2.92. The second-order valence-corrected chi connectivity index (χ2v) is 7.13. The van der Waals surface area contributed by atoms with Crippen LogP contribution >= 0.6 is 11.6 Å². The highest BCUT2D eigenvalue weighted by atomic mass is 35.5. The summed E-state index contributed by atoms with van der Waals surface area (Å²) >= 11 is 6.76. The smallest absolute Gasteiger partial charge is 0.192 e. The van der Waals surface area contributed by atoms with E-state index in [0.29, 0.717) is 56.9 Å². The Morgan fingerprint density at radius 3 is 2.72 bits per heavy atom. The molecule has 4 nitrogen and oxygen atoms in total. The van der Waals surface area contributed by atoms with Gasteiger partial charge < -0.3 is 9.32 Å². The number of aldehydes is 1. The fourth-order valence-corrected chi connectivity index (χ4v) is 3.71. The average Bonchev–Trinajstić information content (AvgIpc) is 3.03. The van der Waals surface area contributed by atoms with Gasteiger partial charge in [-0.25, -0.2) is 9.37 Å². The highest BCUT2D eigenvalue weighted by molar-refractivity contribution is 6.32. The van der Waals surface area contributed by atoms with Crippen LogP contribution in [0.1, 0.15) is 36.9 Å². The van der Waals surface area contributed by atoms with Gasteiger partial charge in [-0.3, -0.25) is 4.79 Å². The van der Waals surface area contributed by atoms with Crippen LogP contribution in [0.4, 0.5) is 4.39 Å². The number of halogens is 2. The Kier molecular flexibility index (Phi) is 6.18. The lowest BCUT2D eigenvalue weighted by atomic mass is 9.94. The molecule has 0 fully saturated rings. The monoisotopic (exact) mass is 412 g/mol. The zero-order valence-electron chi connectivity index (χ0n) is 16.6. The molecule has 0 aliphatic carbocycles. The number of carbonyl (C=O) groups is 1. The van der Waals surface area contributed by atoms with E-state index >= 15 is 4.39 Å². The molecule has 0 bridgehead atoms. The molecule has 1 aromatic carbocycles. The predicted octanol–water partition coefficient (Wildman–Crippen LogP) is 6.27. The van der Waals surface area contributed by atoms with E-state index in [1.807, 2.05) is 13.8 Å². The molecule has 0 saturated heterocycles. The molecule has 1 aliphatic heterocycles. The van der Waals surface area contributed by atoms with Crippen LogP contribution in [0.15, 0.2) is 64.0 Å². The third-order valence-corrected chi connectivity index (χ3v) is 5.03. The molecule has 0 saturated carbocycles. The maximum Gasteiger partial charge on any atom is 0.192 e. The Morgan fingerprint density at radius 1 is 1.38 bits per heavy atom. The van der Waals surface area contributed by atoms with Crippen LogP contribution in [-0.2, 0) is 4.79 Å². The number of hydrogen-bond donors (Lipinski definition) is 0. The first-order valence-electron chi connectivity index (χ1n) is 9.32. The van der Waals surface area contributed by atoms with Crippen molar-refractivity contribution in [3.63, 3.8) is 0 Å². The average molecular weight is 413 g/mol. The summed E-state index contributed by atoms with van der Waals surface area (Å²) in [6.45, 7) is 9.55. The van der Waals surface area contributed by atoms with Crippen molar-refractivity contribution in [1.29, 1.82) is 0 Å². The quantitative estimate of drug-likeness (QED) is 0.414. The summed E-state index contributed by atoms with van der Waals surface area (Å²) in [4.78, 5) is 17.0. The molecule has 2 aromatic rings. The van der Waals surface area contributed by atoms with E-state index in [1.165, 1.54) is 6.07 Å². The number of hydrogen-bond acceptors (Lipinski definition) is 4. The highest BCUT2D eigenvalue weighted by Gasteiger charge is 2.24. The van der Waals surface area contributed by atoms with Crippen molar-refractivity contribution in [1.82, 2.24) is 9.88 Å². The first kappa shape index (κ1) is 20.8. The van der Waals surface area contributed by atoms with Gasteiger partial charge in [-0.15, -0.1) is 0 Å². The summed E-state index contributed by atoms with van der Waals surface area (Å²) in [6, 6.07) is 4.85. The van der Waals surface area contributed by atoms with Crippen LogP contribution in [0, 0.1) is 19.7 Å². The van der Waals surface area contributed by atoms with Crippen LogP contribution in [0.3, 0.4) is 0 Å². The predicted molar refractivity (Wildman–Crippen MR) is 113 cm³/mol. The van der Waals surface area contributed by atoms with E-state index in [1.54, 1.807) is 42.3 Å². The molecule has 0 atom stereocenters. The van der Waals surface area contributed by atoms with Gasteiger partial charge in [0, 0.05) is 35.5 Å². The van der Waals surface area contributed by atoms with Gasteiger partial charge in [0.25, 0.3) is 0 Å².